The average Bonchev–Trinajstić information content (AvgIpc) is 3.27. The Bertz CT molecular complexity index is 1230. The van der Waals surface area contributed by atoms with E-state index in [0.717, 1.165) is 24.6 Å². The van der Waals surface area contributed by atoms with Crippen LogP contribution in [0, 0.1) is 5.82 Å². The largest absolute Gasteiger partial charge is 0.442 e. The summed E-state index contributed by atoms with van der Waals surface area (Å²) in [4.78, 5) is 53.1. The van der Waals surface area contributed by atoms with Crippen molar-refractivity contribution in [1.29, 1.82) is 0 Å². The first-order valence-electron chi connectivity index (χ1n) is 11.9. The molecule has 2 aromatic rings. The lowest BCUT2D eigenvalue weighted by Crippen LogP contribution is -2.36. The zero-order valence-electron chi connectivity index (χ0n) is 20.6. The molecular formula is C23H28FN3O8P2S2. The summed E-state index contributed by atoms with van der Waals surface area (Å²) in [6, 6.07) is 10.8. The van der Waals surface area contributed by atoms with Crippen LogP contribution in [0.1, 0.15) is 5.56 Å². The Hall–Kier alpha value is -2.02. The summed E-state index contributed by atoms with van der Waals surface area (Å²) in [6.07, 6.45) is -1.37. The van der Waals surface area contributed by atoms with Crippen LogP contribution < -0.4 is 19.9 Å². The maximum absolute atomic E-state index is 14.8. The number of rotatable bonds is 9. The molecule has 39 heavy (non-hydrogen) atoms. The van der Waals surface area contributed by atoms with Crippen molar-refractivity contribution < 1.29 is 42.8 Å². The summed E-state index contributed by atoms with van der Waals surface area (Å²) in [5.74, 6) is 1.84. The van der Waals surface area contributed by atoms with Crippen molar-refractivity contribution in [1.82, 2.24) is 5.32 Å². The van der Waals surface area contributed by atoms with Crippen molar-refractivity contribution in [2.75, 3.05) is 47.5 Å². The van der Waals surface area contributed by atoms with Crippen molar-refractivity contribution in [3.8, 4) is 5.75 Å². The number of nitrogens with one attached hydrogen (secondary N) is 1. The number of nitrogens with zero attached hydrogens (tertiary/aromatic N) is 2. The number of carbonyl (C=O) groups is 1. The average molecular weight is 620 g/mol. The molecule has 0 saturated carbocycles. The lowest BCUT2D eigenvalue weighted by Gasteiger charge is -2.29. The van der Waals surface area contributed by atoms with Crippen molar-refractivity contribution in [2.45, 2.75) is 17.9 Å². The Balaban J connectivity index is 1.27. The summed E-state index contributed by atoms with van der Waals surface area (Å²) >= 11 is 7.03. The van der Waals surface area contributed by atoms with Gasteiger partial charge in [0.1, 0.15) is 23.1 Å². The minimum absolute atomic E-state index is 0.00896. The number of thioether (sulfide) groups is 1. The molecule has 0 radical (unpaired) electrons. The number of hydrogen-bond donors (Lipinski definition) is 5. The van der Waals surface area contributed by atoms with Gasteiger partial charge in [0, 0.05) is 24.6 Å². The molecule has 5 N–H and O–H groups in total. The second-order valence-electron chi connectivity index (χ2n) is 8.86. The van der Waals surface area contributed by atoms with Gasteiger partial charge in [0.15, 0.2) is 8.38 Å². The first-order chi connectivity index (χ1) is 18.5. The van der Waals surface area contributed by atoms with E-state index in [2.05, 4.69) is 5.32 Å². The van der Waals surface area contributed by atoms with Gasteiger partial charge in [-0.1, -0.05) is 12.1 Å². The van der Waals surface area contributed by atoms with Gasteiger partial charge in [-0.25, -0.2) is 9.18 Å². The normalized spacial score (nSPS) is 18.7. The molecule has 4 rings (SSSR count). The van der Waals surface area contributed by atoms with Crippen molar-refractivity contribution in [2.24, 2.45) is 0 Å². The summed E-state index contributed by atoms with van der Waals surface area (Å²) in [6.45, 7) is 1.91. The zero-order valence-corrected chi connectivity index (χ0v) is 24.0. The topological polar surface area (TPSA) is 152 Å². The summed E-state index contributed by atoms with van der Waals surface area (Å²) in [7, 11) is -7.50. The van der Waals surface area contributed by atoms with Crippen molar-refractivity contribution >= 4 is 62.6 Å². The number of cyclic esters (lactones) is 1. The summed E-state index contributed by atoms with van der Waals surface area (Å²) < 4.78 is 37.2. The van der Waals surface area contributed by atoms with Gasteiger partial charge < -0.3 is 39.3 Å². The van der Waals surface area contributed by atoms with E-state index in [9.17, 15) is 33.3 Å². The van der Waals surface area contributed by atoms with Crippen LogP contribution in [0.4, 0.5) is 20.6 Å². The van der Waals surface area contributed by atoms with Gasteiger partial charge in [0.25, 0.3) is 5.17 Å². The quantitative estimate of drug-likeness (QED) is 0.207. The van der Waals surface area contributed by atoms with Gasteiger partial charge in [-0.3, -0.25) is 9.46 Å². The highest BCUT2D eigenvalue weighted by molar-refractivity contribution is 7.99. The maximum Gasteiger partial charge on any atom is 0.414 e. The van der Waals surface area contributed by atoms with E-state index in [1.807, 2.05) is 16.7 Å². The fourth-order valence-electron chi connectivity index (χ4n) is 4.14. The number of ether oxygens (including phenoxy) is 2. The monoisotopic (exact) mass is 619 g/mol. The van der Waals surface area contributed by atoms with Gasteiger partial charge in [-0.05, 0) is 54.5 Å². The Morgan fingerprint density at radius 3 is 2.54 bits per heavy atom. The Morgan fingerprint density at radius 2 is 1.92 bits per heavy atom. The van der Waals surface area contributed by atoms with Crippen molar-refractivity contribution in [3.05, 3.63) is 53.8 Å². The van der Waals surface area contributed by atoms with E-state index >= 15 is 0 Å². The predicted octanol–water partition coefficient (Wildman–Crippen LogP) is 3.00. The minimum atomic E-state index is -4.68. The molecule has 1 unspecified atom stereocenters. The van der Waals surface area contributed by atoms with Crippen molar-refractivity contribution in [3.63, 3.8) is 0 Å². The van der Waals surface area contributed by atoms with E-state index in [1.54, 1.807) is 12.1 Å². The molecule has 2 aliphatic heterocycles. The minimum Gasteiger partial charge on any atom is -0.442 e. The van der Waals surface area contributed by atoms with E-state index in [4.69, 9.17) is 21.7 Å². The highest BCUT2D eigenvalue weighted by atomic mass is 32.2. The zero-order chi connectivity index (χ0) is 28.2. The number of halogens is 1. The molecule has 2 aromatic carbocycles. The summed E-state index contributed by atoms with van der Waals surface area (Å²) in [5.41, 5.74) is 1.40. The Labute approximate surface area is 235 Å². The molecule has 1 amide bonds. The lowest BCUT2D eigenvalue weighted by molar-refractivity contribution is 0.142. The van der Waals surface area contributed by atoms with Crippen LogP contribution in [0.5, 0.6) is 5.75 Å². The fourth-order valence-corrected chi connectivity index (χ4v) is 7.12. The van der Waals surface area contributed by atoms with Gasteiger partial charge >= 0.3 is 13.7 Å². The predicted molar refractivity (Wildman–Crippen MR) is 152 cm³/mol. The second kappa shape index (κ2) is 13.1. The molecule has 11 nitrogen and oxygen atoms in total. The molecule has 2 heterocycles. The van der Waals surface area contributed by atoms with Gasteiger partial charge in [0.2, 0.25) is 0 Å². The molecule has 16 heteroatoms. The second-order valence-corrected chi connectivity index (χ2v) is 13.9. The highest BCUT2D eigenvalue weighted by Crippen LogP contribution is 2.56. The number of hydrogen-bond acceptors (Lipinski definition) is 9. The molecule has 0 bridgehead atoms. The smallest absolute Gasteiger partial charge is 0.414 e. The van der Waals surface area contributed by atoms with E-state index in [1.165, 1.54) is 35.2 Å². The molecule has 2 aliphatic rings. The van der Waals surface area contributed by atoms with Crippen LogP contribution in [-0.4, -0.2) is 80.0 Å². The molecule has 212 valence electrons. The van der Waals surface area contributed by atoms with Crippen LogP contribution in [0.2, 0.25) is 0 Å². The number of amides is 1. The third-order valence-corrected chi connectivity index (χ3v) is 10.5. The number of thiocarbonyl (C=S) groups is 1. The van der Waals surface area contributed by atoms with Crippen LogP contribution in [0.25, 0.3) is 0 Å². The van der Waals surface area contributed by atoms with Gasteiger partial charge in [-0.2, -0.15) is 11.8 Å². The maximum atomic E-state index is 14.8. The molecule has 2 fully saturated rings. The number of anilines is 2. The fraction of sp³-hybridized carbons (Fsp3) is 0.391. The Kier molecular flexibility index (Phi) is 10.1. The number of benzene rings is 2. The van der Waals surface area contributed by atoms with Crippen LogP contribution in [-0.2, 0) is 15.7 Å². The highest BCUT2D eigenvalue weighted by Gasteiger charge is 2.36. The SMILES string of the molecule is O=C1O[C@@H](CNC(=S)Oc2ccc(CC(P(O)O)P(=O)(O)O)cc2)CN1c1ccc(N2CCSCC2)c(F)c1. The molecule has 0 aromatic heterocycles. The number of carbonyl (C=O) groups excluding carboxylic acids is 1. The summed E-state index contributed by atoms with van der Waals surface area (Å²) in [5, 5.41) is 1.29. The third-order valence-electron chi connectivity index (χ3n) is 6.15. The molecule has 0 aliphatic carbocycles. The van der Waals surface area contributed by atoms with E-state index in [0.29, 0.717) is 22.7 Å². The molecular weight excluding hydrogens is 591 g/mol. The van der Waals surface area contributed by atoms with E-state index in [-0.39, 0.29) is 30.5 Å². The molecule has 2 atom stereocenters. The lowest BCUT2D eigenvalue weighted by atomic mass is 10.2. The van der Waals surface area contributed by atoms with E-state index < -0.39 is 33.6 Å². The first-order valence-corrected chi connectivity index (χ1v) is 16.4. The third kappa shape index (κ3) is 8.02. The van der Waals surface area contributed by atoms with Gasteiger partial charge in [0.05, 0.1) is 24.5 Å². The van der Waals surface area contributed by atoms with Crippen LogP contribution in [0.15, 0.2) is 42.5 Å². The van der Waals surface area contributed by atoms with Crippen LogP contribution >= 0.6 is 40.0 Å². The first kappa shape index (κ1) is 30.0. The Morgan fingerprint density at radius 1 is 1.23 bits per heavy atom. The molecule has 0 spiro atoms. The standard InChI is InChI=1S/C23H28FN3O8P2S2/c24-19-12-16(3-6-20(19)26-7-9-39-10-8-26)27-14-18(35-23(27)28)13-25-22(38)34-17-4-1-15(2-5-17)11-21(36(29)30)37(31,32)33/h1-6,12,18,21,29-30H,7-11,13-14H2,(H,25,38)(H2,31,32,33)/t18-,21?/m0/s1. The van der Waals surface area contributed by atoms with Crippen LogP contribution in [0.3, 0.4) is 0 Å². The van der Waals surface area contributed by atoms with Gasteiger partial charge in [-0.15, -0.1) is 0 Å². The molecule has 2 saturated heterocycles.